The molecule has 3 aromatic carbocycles. The Bertz CT molecular complexity index is 1290. The lowest BCUT2D eigenvalue weighted by molar-refractivity contribution is 0.102. The molecule has 1 unspecified atom stereocenters. The molecule has 2 N–H and O–H groups in total. The van der Waals surface area contributed by atoms with Gasteiger partial charge >= 0.3 is 0 Å². The van der Waals surface area contributed by atoms with Crippen LogP contribution in [0.3, 0.4) is 0 Å². The predicted octanol–water partition coefficient (Wildman–Crippen LogP) is 6.26. The van der Waals surface area contributed by atoms with E-state index in [9.17, 15) is 4.79 Å². The van der Waals surface area contributed by atoms with Crippen molar-refractivity contribution in [2.24, 2.45) is 0 Å². The molecule has 32 heavy (non-hydrogen) atoms. The van der Waals surface area contributed by atoms with Crippen molar-refractivity contribution in [3.05, 3.63) is 118 Å². The third-order valence-electron chi connectivity index (χ3n) is 5.49. The summed E-state index contributed by atoms with van der Waals surface area (Å²) in [6.45, 7) is 2.02. The first kappa shape index (κ1) is 20.3. The van der Waals surface area contributed by atoms with E-state index in [1.807, 2.05) is 78.3 Å². The standard InChI is InChI=1S/C26H21BrN4O/c1-17-7-13-21(14-8-17)29-26(32)22-16-28-31-24(19-5-3-2-4-6-19)15-23(30-25(22)31)18-9-11-20(27)12-10-18/h2-16,24,30H,1H3,(H,29,32). The first-order valence-corrected chi connectivity index (χ1v) is 11.1. The average Bonchev–Trinajstić information content (AvgIpc) is 3.25. The van der Waals surface area contributed by atoms with Crippen LogP contribution in [0.15, 0.2) is 95.6 Å². The number of carbonyl (C=O) groups is 1. The van der Waals surface area contributed by atoms with Crippen molar-refractivity contribution in [1.29, 1.82) is 0 Å². The van der Waals surface area contributed by atoms with Gasteiger partial charge in [-0.15, -0.1) is 0 Å². The lowest BCUT2D eigenvalue weighted by Crippen LogP contribution is -2.22. The number of fused-ring (bicyclic) bond motifs is 1. The number of anilines is 2. The van der Waals surface area contributed by atoms with E-state index in [1.54, 1.807) is 6.20 Å². The Labute approximate surface area is 194 Å². The number of halogens is 1. The number of hydrogen-bond acceptors (Lipinski definition) is 3. The molecule has 1 aliphatic heterocycles. The van der Waals surface area contributed by atoms with Crippen LogP contribution in [0, 0.1) is 6.92 Å². The van der Waals surface area contributed by atoms with Gasteiger partial charge in [-0.1, -0.05) is 76.1 Å². The van der Waals surface area contributed by atoms with Gasteiger partial charge in [-0.3, -0.25) is 4.79 Å². The van der Waals surface area contributed by atoms with Crippen molar-refractivity contribution in [2.75, 3.05) is 10.6 Å². The smallest absolute Gasteiger partial charge is 0.261 e. The Morgan fingerprint density at radius 2 is 1.72 bits per heavy atom. The van der Waals surface area contributed by atoms with E-state index in [2.05, 4.69) is 49.9 Å². The fraction of sp³-hybridized carbons (Fsp3) is 0.0769. The molecule has 0 radical (unpaired) electrons. The van der Waals surface area contributed by atoms with Crippen LogP contribution in [0.4, 0.5) is 11.5 Å². The van der Waals surface area contributed by atoms with Gasteiger partial charge in [-0.25, -0.2) is 4.68 Å². The molecular weight excluding hydrogens is 464 g/mol. The number of nitrogens with one attached hydrogen (secondary N) is 2. The van der Waals surface area contributed by atoms with Gasteiger partial charge in [0.25, 0.3) is 5.91 Å². The molecule has 1 amide bonds. The van der Waals surface area contributed by atoms with E-state index >= 15 is 0 Å². The van der Waals surface area contributed by atoms with Crippen molar-refractivity contribution in [2.45, 2.75) is 13.0 Å². The highest BCUT2D eigenvalue weighted by Gasteiger charge is 2.27. The summed E-state index contributed by atoms with van der Waals surface area (Å²) in [5.74, 6) is 0.468. The second kappa shape index (κ2) is 8.48. The van der Waals surface area contributed by atoms with Gasteiger partial charge < -0.3 is 10.6 Å². The minimum atomic E-state index is -0.202. The summed E-state index contributed by atoms with van der Waals surface area (Å²) in [4.78, 5) is 13.1. The van der Waals surface area contributed by atoms with Crippen LogP contribution in [-0.2, 0) is 0 Å². The Hall–Kier alpha value is -3.64. The zero-order valence-electron chi connectivity index (χ0n) is 17.4. The van der Waals surface area contributed by atoms with E-state index in [0.29, 0.717) is 11.4 Å². The lowest BCUT2D eigenvalue weighted by Gasteiger charge is -2.26. The molecule has 0 saturated heterocycles. The number of carbonyl (C=O) groups excluding carboxylic acids is 1. The highest BCUT2D eigenvalue weighted by Crippen LogP contribution is 2.35. The van der Waals surface area contributed by atoms with Crippen molar-refractivity contribution in [1.82, 2.24) is 9.78 Å². The maximum Gasteiger partial charge on any atom is 0.261 e. The van der Waals surface area contributed by atoms with Gasteiger partial charge in [0.05, 0.1) is 12.2 Å². The molecule has 6 heteroatoms. The summed E-state index contributed by atoms with van der Waals surface area (Å²) >= 11 is 3.50. The van der Waals surface area contributed by atoms with Gasteiger partial charge in [0, 0.05) is 15.9 Å². The number of amides is 1. The monoisotopic (exact) mass is 484 g/mol. The van der Waals surface area contributed by atoms with Crippen LogP contribution in [0.5, 0.6) is 0 Å². The number of aromatic nitrogens is 2. The minimum absolute atomic E-state index is 0.132. The molecule has 0 fully saturated rings. The average molecular weight is 485 g/mol. The third kappa shape index (κ3) is 3.97. The Morgan fingerprint density at radius 1 is 1.00 bits per heavy atom. The van der Waals surface area contributed by atoms with Crippen LogP contribution in [0.25, 0.3) is 5.70 Å². The molecule has 4 aromatic rings. The molecule has 1 atom stereocenters. The summed E-state index contributed by atoms with van der Waals surface area (Å²) < 4.78 is 2.88. The fourth-order valence-electron chi connectivity index (χ4n) is 3.78. The number of nitrogens with zero attached hydrogens (tertiary/aromatic N) is 2. The molecule has 0 spiro atoms. The maximum atomic E-state index is 13.1. The minimum Gasteiger partial charge on any atom is -0.339 e. The molecule has 1 aromatic heterocycles. The summed E-state index contributed by atoms with van der Waals surface area (Å²) in [5, 5.41) is 11.0. The summed E-state index contributed by atoms with van der Waals surface area (Å²) in [5.41, 5.74) is 5.45. The number of rotatable bonds is 4. The van der Waals surface area contributed by atoms with Crippen LogP contribution in [0.1, 0.15) is 33.1 Å². The third-order valence-corrected chi connectivity index (χ3v) is 6.02. The van der Waals surface area contributed by atoms with Gasteiger partial charge in [-0.05, 0) is 48.4 Å². The number of aryl methyl sites for hydroxylation is 1. The topological polar surface area (TPSA) is 59.0 Å². The van der Waals surface area contributed by atoms with Crippen LogP contribution >= 0.6 is 15.9 Å². The predicted molar refractivity (Wildman–Crippen MR) is 132 cm³/mol. The van der Waals surface area contributed by atoms with Gasteiger partial charge in [0.15, 0.2) is 0 Å². The molecular formula is C26H21BrN4O. The number of allylic oxidation sites excluding steroid dienone is 1. The summed E-state index contributed by atoms with van der Waals surface area (Å²) in [6.07, 6.45) is 3.76. The lowest BCUT2D eigenvalue weighted by atomic mass is 10.0. The van der Waals surface area contributed by atoms with E-state index in [-0.39, 0.29) is 11.9 Å². The molecule has 0 bridgehead atoms. The normalized spacial score (nSPS) is 14.8. The zero-order valence-corrected chi connectivity index (χ0v) is 19.0. The van der Waals surface area contributed by atoms with Crippen molar-refractivity contribution < 1.29 is 4.79 Å². The van der Waals surface area contributed by atoms with E-state index in [4.69, 9.17) is 0 Å². The SMILES string of the molecule is Cc1ccc(NC(=O)c2cnn3c2NC(c2ccc(Br)cc2)=CC3c2ccccc2)cc1. The van der Waals surface area contributed by atoms with Crippen molar-refractivity contribution in [3.8, 4) is 0 Å². The second-order valence-corrected chi connectivity index (χ2v) is 8.66. The first-order chi connectivity index (χ1) is 15.6. The first-order valence-electron chi connectivity index (χ1n) is 10.3. The molecule has 5 nitrogen and oxygen atoms in total. The molecule has 0 saturated carbocycles. The number of hydrogen-bond donors (Lipinski definition) is 2. The Morgan fingerprint density at radius 3 is 2.44 bits per heavy atom. The van der Waals surface area contributed by atoms with Crippen LogP contribution in [-0.4, -0.2) is 15.7 Å². The largest absolute Gasteiger partial charge is 0.339 e. The van der Waals surface area contributed by atoms with Crippen molar-refractivity contribution in [3.63, 3.8) is 0 Å². The quantitative estimate of drug-likeness (QED) is 0.359. The highest BCUT2D eigenvalue weighted by molar-refractivity contribution is 9.10. The highest BCUT2D eigenvalue weighted by atomic mass is 79.9. The zero-order chi connectivity index (χ0) is 22.1. The number of benzene rings is 3. The Balaban J connectivity index is 1.54. The Kier molecular flexibility index (Phi) is 5.37. The molecule has 1 aliphatic rings. The molecule has 158 valence electrons. The maximum absolute atomic E-state index is 13.1. The molecule has 0 aliphatic carbocycles. The second-order valence-electron chi connectivity index (χ2n) is 7.74. The van der Waals surface area contributed by atoms with Gasteiger partial charge in [0.1, 0.15) is 11.4 Å². The van der Waals surface area contributed by atoms with E-state index < -0.39 is 0 Å². The van der Waals surface area contributed by atoms with Gasteiger partial charge in [-0.2, -0.15) is 5.10 Å². The van der Waals surface area contributed by atoms with Gasteiger partial charge in [0.2, 0.25) is 0 Å². The van der Waals surface area contributed by atoms with Crippen LogP contribution in [0.2, 0.25) is 0 Å². The summed E-state index contributed by atoms with van der Waals surface area (Å²) in [6, 6.07) is 25.9. The van der Waals surface area contributed by atoms with Crippen molar-refractivity contribution >= 4 is 39.0 Å². The van der Waals surface area contributed by atoms with E-state index in [1.165, 1.54) is 0 Å². The molecule has 5 rings (SSSR count). The molecule has 2 heterocycles. The summed E-state index contributed by atoms with van der Waals surface area (Å²) in [7, 11) is 0. The van der Waals surface area contributed by atoms with Crippen LogP contribution < -0.4 is 10.6 Å². The van der Waals surface area contributed by atoms with E-state index in [0.717, 1.165) is 32.5 Å². The fourth-order valence-corrected chi connectivity index (χ4v) is 4.05.